The van der Waals surface area contributed by atoms with Crippen molar-refractivity contribution in [2.45, 2.75) is 20.0 Å². The van der Waals surface area contributed by atoms with E-state index in [9.17, 15) is 0 Å². The number of guanidine groups is 1. The van der Waals surface area contributed by atoms with E-state index in [1.165, 1.54) is 4.88 Å². The van der Waals surface area contributed by atoms with Crippen molar-refractivity contribution < 1.29 is 0 Å². The first-order valence-electron chi connectivity index (χ1n) is 6.24. The Balaban J connectivity index is 0.00000200. The lowest BCUT2D eigenvalue weighted by molar-refractivity contribution is 0.665. The zero-order valence-corrected chi connectivity index (χ0v) is 14.8. The van der Waals surface area contributed by atoms with Crippen LogP contribution in [0.25, 0.3) is 0 Å². The van der Waals surface area contributed by atoms with Crippen LogP contribution in [0.15, 0.2) is 35.0 Å². The summed E-state index contributed by atoms with van der Waals surface area (Å²) in [7, 11) is 1.78. The van der Waals surface area contributed by atoms with E-state index in [1.807, 2.05) is 24.6 Å². The summed E-state index contributed by atoms with van der Waals surface area (Å²) in [6, 6.07) is 4.05. The predicted octanol–water partition coefficient (Wildman–Crippen LogP) is 2.24. The Labute approximate surface area is 140 Å². The summed E-state index contributed by atoms with van der Waals surface area (Å²) >= 11 is 1.66. The average molecular weight is 405 g/mol. The molecule has 2 heterocycles. The Morgan fingerprint density at radius 1 is 1.35 bits per heavy atom. The van der Waals surface area contributed by atoms with Crippen LogP contribution in [0.1, 0.15) is 10.6 Å². The quantitative estimate of drug-likeness (QED) is 0.456. The van der Waals surface area contributed by atoms with Crippen molar-refractivity contribution in [3.63, 3.8) is 0 Å². The maximum atomic E-state index is 4.23. The number of rotatable bonds is 5. The summed E-state index contributed by atoms with van der Waals surface area (Å²) in [5, 5.41) is 6.58. The van der Waals surface area contributed by atoms with Crippen LogP contribution in [0, 0.1) is 6.92 Å². The van der Waals surface area contributed by atoms with E-state index in [2.05, 4.69) is 37.6 Å². The lowest BCUT2D eigenvalue weighted by atomic mass is 10.4. The molecular formula is C13H20IN5S. The molecule has 0 spiro atoms. The Bertz CT molecular complexity index is 521. The van der Waals surface area contributed by atoms with Crippen LogP contribution >= 0.6 is 35.3 Å². The Morgan fingerprint density at radius 2 is 2.10 bits per heavy atom. The minimum absolute atomic E-state index is 0. The number of aromatic nitrogens is 2. The molecule has 0 aliphatic heterocycles. The van der Waals surface area contributed by atoms with Gasteiger partial charge in [-0.2, -0.15) is 0 Å². The number of aliphatic imine (C=N–C) groups is 1. The molecule has 0 saturated heterocycles. The average Bonchev–Trinajstić information content (AvgIpc) is 3.05. The van der Waals surface area contributed by atoms with Gasteiger partial charge in [-0.05, 0) is 19.1 Å². The molecule has 0 bridgehead atoms. The molecule has 20 heavy (non-hydrogen) atoms. The molecule has 7 heteroatoms. The van der Waals surface area contributed by atoms with Gasteiger partial charge in [0.05, 0.1) is 17.7 Å². The van der Waals surface area contributed by atoms with Gasteiger partial charge in [0.2, 0.25) is 0 Å². The largest absolute Gasteiger partial charge is 0.355 e. The third-order valence-corrected chi connectivity index (χ3v) is 3.75. The Kier molecular flexibility index (Phi) is 7.60. The van der Waals surface area contributed by atoms with Crippen LogP contribution in [-0.2, 0) is 13.1 Å². The molecule has 5 nitrogen and oxygen atoms in total. The topological polar surface area (TPSA) is 54.2 Å². The number of nitrogens with zero attached hydrogens (tertiary/aromatic N) is 3. The van der Waals surface area contributed by atoms with Gasteiger partial charge in [-0.3, -0.25) is 4.99 Å². The van der Waals surface area contributed by atoms with Gasteiger partial charge in [-0.25, -0.2) is 4.98 Å². The number of halogens is 1. The molecule has 0 unspecified atom stereocenters. The molecule has 0 aromatic carbocycles. The highest BCUT2D eigenvalue weighted by molar-refractivity contribution is 14.0. The van der Waals surface area contributed by atoms with Gasteiger partial charge >= 0.3 is 0 Å². The van der Waals surface area contributed by atoms with Crippen molar-refractivity contribution in [1.29, 1.82) is 0 Å². The lowest BCUT2D eigenvalue weighted by Gasteiger charge is -2.11. The summed E-state index contributed by atoms with van der Waals surface area (Å²) in [4.78, 5) is 9.68. The van der Waals surface area contributed by atoms with Gasteiger partial charge in [0.1, 0.15) is 0 Å². The molecule has 0 saturated carbocycles. The fraction of sp³-hybridized carbons (Fsp3) is 0.385. The Morgan fingerprint density at radius 3 is 2.70 bits per heavy atom. The first kappa shape index (κ1) is 17.0. The molecule has 0 atom stereocenters. The second kappa shape index (κ2) is 8.96. The van der Waals surface area contributed by atoms with Crippen LogP contribution in [0.2, 0.25) is 0 Å². The SMILES string of the molecule is CN=C(NCCn1cccc1)NCc1scnc1C.I. The highest BCUT2D eigenvalue weighted by Gasteiger charge is 2.02. The van der Waals surface area contributed by atoms with Crippen molar-refractivity contribution in [2.24, 2.45) is 4.99 Å². The molecular weight excluding hydrogens is 385 g/mol. The first-order chi connectivity index (χ1) is 9.29. The van der Waals surface area contributed by atoms with E-state index in [-0.39, 0.29) is 24.0 Å². The Hall–Kier alpha value is -1.09. The van der Waals surface area contributed by atoms with E-state index in [1.54, 1.807) is 18.4 Å². The summed E-state index contributed by atoms with van der Waals surface area (Å²) in [6.07, 6.45) is 4.11. The van der Waals surface area contributed by atoms with Gasteiger partial charge in [0, 0.05) is 37.4 Å². The van der Waals surface area contributed by atoms with Crippen molar-refractivity contribution in [3.05, 3.63) is 40.6 Å². The highest BCUT2D eigenvalue weighted by atomic mass is 127. The molecule has 0 aliphatic rings. The van der Waals surface area contributed by atoms with Crippen LogP contribution in [-0.4, -0.2) is 29.1 Å². The second-order valence-corrected chi connectivity index (χ2v) is 5.07. The molecule has 110 valence electrons. The normalized spacial score (nSPS) is 11.0. The summed E-state index contributed by atoms with van der Waals surface area (Å²) in [6.45, 7) is 4.55. The zero-order chi connectivity index (χ0) is 13.5. The van der Waals surface area contributed by atoms with Crippen molar-refractivity contribution in [1.82, 2.24) is 20.2 Å². The highest BCUT2D eigenvalue weighted by Crippen LogP contribution is 2.10. The number of thiazole rings is 1. The van der Waals surface area contributed by atoms with Gasteiger partial charge < -0.3 is 15.2 Å². The molecule has 2 aromatic rings. The first-order valence-corrected chi connectivity index (χ1v) is 7.12. The minimum Gasteiger partial charge on any atom is -0.355 e. The third-order valence-electron chi connectivity index (χ3n) is 2.81. The van der Waals surface area contributed by atoms with E-state index in [4.69, 9.17) is 0 Å². The van der Waals surface area contributed by atoms with Gasteiger partial charge in [0.15, 0.2) is 5.96 Å². The molecule has 0 amide bonds. The van der Waals surface area contributed by atoms with Crippen LogP contribution in [0.5, 0.6) is 0 Å². The molecule has 0 fully saturated rings. The van der Waals surface area contributed by atoms with E-state index < -0.39 is 0 Å². The summed E-state index contributed by atoms with van der Waals surface area (Å²) < 4.78 is 2.13. The summed E-state index contributed by atoms with van der Waals surface area (Å²) in [5.41, 5.74) is 2.95. The maximum absolute atomic E-state index is 4.23. The lowest BCUT2D eigenvalue weighted by Crippen LogP contribution is -2.38. The number of aryl methyl sites for hydroxylation is 1. The second-order valence-electron chi connectivity index (χ2n) is 4.13. The van der Waals surface area contributed by atoms with Crippen molar-refractivity contribution >= 4 is 41.3 Å². The van der Waals surface area contributed by atoms with Crippen LogP contribution in [0.4, 0.5) is 0 Å². The van der Waals surface area contributed by atoms with Gasteiger partial charge in [-0.15, -0.1) is 35.3 Å². The van der Waals surface area contributed by atoms with Crippen LogP contribution < -0.4 is 10.6 Å². The molecule has 2 N–H and O–H groups in total. The van der Waals surface area contributed by atoms with Crippen LogP contribution in [0.3, 0.4) is 0 Å². The smallest absolute Gasteiger partial charge is 0.191 e. The number of nitrogens with one attached hydrogen (secondary N) is 2. The number of hydrogen-bond donors (Lipinski definition) is 2. The minimum atomic E-state index is 0. The van der Waals surface area contributed by atoms with Gasteiger partial charge in [-0.1, -0.05) is 0 Å². The zero-order valence-electron chi connectivity index (χ0n) is 11.7. The molecule has 0 aliphatic carbocycles. The van der Waals surface area contributed by atoms with Gasteiger partial charge in [0.25, 0.3) is 0 Å². The monoisotopic (exact) mass is 405 g/mol. The van der Waals surface area contributed by atoms with Crippen molar-refractivity contribution in [2.75, 3.05) is 13.6 Å². The van der Waals surface area contributed by atoms with E-state index >= 15 is 0 Å². The fourth-order valence-corrected chi connectivity index (χ4v) is 2.42. The van der Waals surface area contributed by atoms with Crippen molar-refractivity contribution in [3.8, 4) is 0 Å². The molecule has 0 radical (unpaired) electrons. The fourth-order valence-electron chi connectivity index (χ4n) is 1.70. The standard InChI is InChI=1S/C13H19N5S.HI/c1-11-12(19-10-17-11)9-16-13(14-2)15-5-8-18-6-3-4-7-18;/h3-4,6-7,10H,5,8-9H2,1-2H3,(H2,14,15,16);1H. The number of hydrogen-bond acceptors (Lipinski definition) is 3. The molecule has 2 aromatic heterocycles. The summed E-state index contributed by atoms with van der Waals surface area (Å²) in [5.74, 6) is 0.819. The molecule has 2 rings (SSSR count). The van der Waals surface area contributed by atoms with E-state index in [0.717, 1.165) is 31.3 Å². The van der Waals surface area contributed by atoms with E-state index in [0.29, 0.717) is 0 Å². The third kappa shape index (κ3) is 5.12. The maximum Gasteiger partial charge on any atom is 0.191 e. The predicted molar refractivity (Wildman–Crippen MR) is 94.9 cm³/mol.